The molecular formula is C16H16O2S. The molecule has 0 amide bonds. The molecule has 3 rings (SSSR count). The highest BCUT2D eigenvalue weighted by atomic mass is 32.1. The van der Waals surface area contributed by atoms with Gasteiger partial charge in [-0.2, -0.15) is 0 Å². The largest absolute Gasteiger partial charge is 0.294 e. The molecule has 0 N–H and O–H groups in total. The number of carbonyl (C=O) groups excluding carboxylic acids is 1. The molecule has 1 aliphatic rings. The highest BCUT2D eigenvalue weighted by Crippen LogP contribution is 2.51. The molecule has 2 nitrogen and oxygen atoms in total. The zero-order valence-electron chi connectivity index (χ0n) is 11.5. The van der Waals surface area contributed by atoms with Crippen molar-refractivity contribution in [2.24, 2.45) is 5.41 Å². The topological polar surface area (TPSA) is 34.1 Å². The van der Waals surface area contributed by atoms with Crippen molar-refractivity contribution in [2.45, 2.75) is 33.1 Å². The number of benzene rings is 1. The van der Waals surface area contributed by atoms with E-state index in [1.54, 1.807) is 0 Å². The van der Waals surface area contributed by atoms with E-state index in [0.717, 1.165) is 10.1 Å². The van der Waals surface area contributed by atoms with Crippen LogP contribution in [0, 0.1) is 5.41 Å². The Morgan fingerprint density at radius 3 is 2.26 bits per heavy atom. The van der Waals surface area contributed by atoms with E-state index in [1.807, 2.05) is 52.0 Å². The molecule has 98 valence electrons. The lowest BCUT2D eigenvalue weighted by molar-refractivity contribution is 0.0780. The first-order valence-corrected chi connectivity index (χ1v) is 7.21. The van der Waals surface area contributed by atoms with E-state index in [9.17, 15) is 9.59 Å². The lowest BCUT2D eigenvalue weighted by Gasteiger charge is -2.33. The van der Waals surface area contributed by atoms with Crippen molar-refractivity contribution in [1.82, 2.24) is 0 Å². The zero-order chi connectivity index (χ0) is 14.0. The molecule has 0 bridgehead atoms. The summed E-state index contributed by atoms with van der Waals surface area (Å²) >= 11 is 1.24. The van der Waals surface area contributed by atoms with Crippen molar-refractivity contribution in [2.75, 3.05) is 0 Å². The molecular weight excluding hydrogens is 256 g/mol. The Hall–Kier alpha value is -1.48. The van der Waals surface area contributed by atoms with Crippen molar-refractivity contribution in [1.29, 1.82) is 0 Å². The van der Waals surface area contributed by atoms with Crippen molar-refractivity contribution < 1.29 is 4.79 Å². The van der Waals surface area contributed by atoms with Gasteiger partial charge in [0.2, 0.25) is 4.74 Å². The summed E-state index contributed by atoms with van der Waals surface area (Å²) in [4.78, 5) is 25.2. The maximum absolute atomic E-state index is 12.8. The van der Waals surface area contributed by atoms with Crippen LogP contribution < -0.4 is 4.74 Å². The summed E-state index contributed by atoms with van der Waals surface area (Å²) in [5.41, 5.74) is 0.392. The maximum Gasteiger partial charge on any atom is 0.237 e. The Bertz CT molecular complexity index is 766. The Kier molecular flexibility index (Phi) is 2.34. The van der Waals surface area contributed by atoms with Crippen LogP contribution >= 0.6 is 11.3 Å². The molecule has 0 saturated heterocycles. The Balaban J connectivity index is 2.56. The first-order valence-electron chi connectivity index (χ1n) is 6.39. The monoisotopic (exact) mass is 272 g/mol. The lowest BCUT2D eigenvalue weighted by Crippen LogP contribution is -2.37. The minimum absolute atomic E-state index is 0.0256. The van der Waals surface area contributed by atoms with E-state index < -0.39 is 10.8 Å². The van der Waals surface area contributed by atoms with Gasteiger partial charge >= 0.3 is 0 Å². The molecule has 19 heavy (non-hydrogen) atoms. The van der Waals surface area contributed by atoms with Gasteiger partial charge in [-0.25, -0.2) is 0 Å². The van der Waals surface area contributed by atoms with E-state index in [2.05, 4.69) is 0 Å². The smallest absolute Gasteiger partial charge is 0.237 e. The fraction of sp³-hybridized carbons (Fsp3) is 0.375. The molecule has 0 spiro atoms. The van der Waals surface area contributed by atoms with E-state index in [-0.39, 0.29) is 10.5 Å². The van der Waals surface area contributed by atoms with Gasteiger partial charge in [-0.15, -0.1) is 0 Å². The van der Waals surface area contributed by atoms with Crippen molar-refractivity contribution in [3.63, 3.8) is 0 Å². The normalized spacial score (nSPS) is 19.7. The number of ketones is 1. The summed E-state index contributed by atoms with van der Waals surface area (Å²) in [6.45, 7) is 7.88. The average molecular weight is 272 g/mol. The van der Waals surface area contributed by atoms with E-state index in [4.69, 9.17) is 0 Å². The van der Waals surface area contributed by atoms with Gasteiger partial charge in [-0.05, 0) is 6.07 Å². The molecule has 0 aliphatic heterocycles. The van der Waals surface area contributed by atoms with Crippen molar-refractivity contribution >= 4 is 27.2 Å². The minimum atomic E-state index is -0.536. The molecule has 1 aromatic carbocycles. The van der Waals surface area contributed by atoms with E-state index in [0.29, 0.717) is 11.1 Å². The van der Waals surface area contributed by atoms with Crippen LogP contribution in [0.25, 0.3) is 10.1 Å². The third-order valence-electron chi connectivity index (χ3n) is 4.80. The van der Waals surface area contributed by atoms with Crippen LogP contribution in [0.15, 0.2) is 29.1 Å². The predicted octanol–water partition coefficient (Wildman–Crippen LogP) is 3.76. The first-order chi connectivity index (χ1) is 8.78. The maximum atomic E-state index is 12.8. The Labute approximate surface area is 116 Å². The van der Waals surface area contributed by atoms with Gasteiger partial charge in [0, 0.05) is 32.0 Å². The van der Waals surface area contributed by atoms with Gasteiger partial charge in [0.1, 0.15) is 0 Å². The standard InChI is InChI=1S/C16H16O2S/c1-15(2)12-11(13(17)16(15,3)4)9-7-5-6-8-10(9)19-14(12)18/h5-8H,1-4H3. The first kappa shape index (κ1) is 12.5. The molecule has 0 unspecified atom stereocenters. The van der Waals surface area contributed by atoms with Crippen LogP contribution in [-0.4, -0.2) is 5.78 Å². The second-order valence-electron chi connectivity index (χ2n) is 6.21. The molecule has 3 heteroatoms. The highest BCUT2D eigenvalue weighted by molar-refractivity contribution is 7.16. The van der Waals surface area contributed by atoms with Gasteiger partial charge in [0.25, 0.3) is 0 Å². The Morgan fingerprint density at radius 1 is 0.947 bits per heavy atom. The van der Waals surface area contributed by atoms with Crippen LogP contribution in [0.3, 0.4) is 0 Å². The summed E-state index contributed by atoms with van der Waals surface area (Å²) in [5.74, 6) is 0.0913. The fourth-order valence-corrected chi connectivity index (χ4v) is 3.95. The van der Waals surface area contributed by atoms with Crippen LogP contribution in [0.2, 0.25) is 0 Å². The number of hydrogen-bond acceptors (Lipinski definition) is 3. The van der Waals surface area contributed by atoms with Gasteiger partial charge in [-0.1, -0.05) is 57.2 Å². The molecule has 1 heterocycles. The fourth-order valence-electron chi connectivity index (χ4n) is 2.86. The molecule has 0 fully saturated rings. The second-order valence-corrected chi connectivity index (χ2v) is 7.23. The number of hydrogen-bond donors (Lipinski definition) is 0. The minimum Gasteiger partial charge on any atom is -0.294 e. The van der Waals surface area contributed by atoms with Gasteiger partial charge < -0.3 is 0 Å². The summed E-state index contributed by atoms with van der Waals surface area (Å²) in [5, 5.41) is 0.922. The number of carbonyl (C=O) groups is 1. The molecule has 1 aromatic heterocycles. The third-order valence-corrected chi connectivity index (χ3v) is 5.76. The van der Waals surface area contributed by atoms with Crippen LogP contribution in [-0.2, 0) is 5.41 Å². The average Bonchev–Trinajstić information content (AvgIpc) is 2.48. The van der Waals surface area contributed by atoms with Gasteiger partial charge in [0.15, 0.2) is 5.78 Å². The molecule has 0 radical (unpaired) electrons. The van der Waals surface area contributed by atoms with Crippen LogP contribution in [0.1, 0.15) is 43.6 Å². The summed E-state index contributed by atoms with van der Waals surface area (Å²) in [7, 11) is 0. The number of rotatable bonds is 0. The van der Waals surface area contributed by atoms with Gasteiger partial charge in [0.05, 0.1) is 0 Å². The summed E-state index contributed by atoms with van der Waals surface area (Å²) < 4.78 is 0.922. The third kappa shape index (κ3) is 1.36. The summed E-state index contributed by atoms with van der Waals surface area (Å²) in [6.07, 6.45) is 0. The molecule has 0 saturated carbocycles. The lowest BCUT2D eigenvalue weighted by atomic mass is 9.68. The number of fused-ring (bicyclic) bond motifs is 3. The van der Waals surface area contributed by atoms with Crippen LogP contribution in [0.5, 0.6) is 0 Å². The quantitative estimate of drug-likeness (QED) is 0.731. The SMILES string of the molecule is CC1(C)C(=O)c2c(c(=O)sc3ccccc23)C1(C)C. The van der Waals surface area contributed by atoms with Gasteiger partial charge in [-0.3, -0.25) is 9.59 Å². The molecule has 1 aliphatic carbocycles. The van der Waals surface area contributed by atoms with Crippen molar-refractivity contribution in [3.05, 3.63) is 44.9 Å². The zero-order valence-corrected chi connectivity index (χ0v) is 12.4. The highest BCUT2D eigenvalue weighted by Gasteiger charge is 2.54. The van der Waals surface area contributed by atoms with E-state index >= 15 is 0 Å². The molecule has 2 aromatic rings. The predicted molar refractivity (Wildman–Crippen MR) is 79.2 cm³/mol. The summed E-state index contributed by atoms with van der Waals surface area (Å²) in [6, 6.07) is 7.68. The van der Waals surface area contributed by atoms with E-state index in [1.165, 1.54) is 11.3 Å². The Morgan fingerprint density at radius 2 is 1.58 bits per heavy atom. The van der Waals surface area contributed by atoms with Crippen molar-refractivity contribution in [3.8, 4) is 0 Å². The van der Waals surface area contributed by atoms with Crippen LogP contribution in [0.4, 0.5) is 0 Å². The number of Topliss-reactive ketones (excluding diaryl/α,β-unsaturated/α-hetero) is 1. The molecule has 0 atom stereocenters. The second kappa shape index (κ2) is 3.54.